The van der Waals surface area contributed by atoms with E-state index in [-0.39, 0.29) is 59.6 Å². The fraction of sp³-hybridized carbons (Fsp3) is 0.905. The Labute approximate surface area is 291 Å². The number of carbonyl (C=O) groups is 4. The van der Waals surface area contributed by atoms with Crippen molar-refractivity contribution in [2.24, 2.45) is 53.3 Å². The average Bonchev–Trinajstić information content (AvgIpc) is 3.15. The Morgan fingerprint density at radius 1 is 0.375 bits per heavy atom. The van der Waals surface area contributed by atoms with Crippen molar-refractivity contribution in [1.82, 2.24) is 0 Å². The second-order valence-corrected chi connectivity index (χ2v) is 17.5. The molecule has 0 aliphatic heterocycles. The highest BCUT2D eigenvalue weighted by Crippen LogP contribution is 2.41. The maximum Gasteiger partial charge on any atom is 0.139 e. The first kappa shape index (κ1) is 36.4. The fourth-order valence-corrected chi connectivity index (χ4v) is 11.1. The topological polar surface area (TPSA) is 86.7 Å². The molecule has 270 valence electrons. The van der Waals surface area contributed by atoms with E-state index in [1.165, 1.54) is 12.8 Å². The quantitative estimate of drug-likeness (QED) is 0.219. The molecule has 0 heterocycles. The van der Waals surface area contributed by atoms with Crippen molar-refractivity contribution < 1.29 is 28.7 Å². The number of ether oxygens (including phenoxy) is 2. The van der Waals surface area contributed by atoms with Gasteiger partial charge in [0.05, 0.1) is 18.3 Å². The molecule has 0 aromatic heterocycles. The van der Waals surface area contributed by atoms with Crippen LogP contribution in [0.1, 0.15) is 161 Å². The molecule has 2 unspecified atom stereocenters. The Morgan fingerprint density at radius 2 is 0.667 bits per heavy atom. The minimum absolute atomic E-state index is 0.0853. The minimum Gasteiger partial charge on any atom is -0.381 e. The van der Waals surface area contributed by atoms with Crippen molar-refractivity contribution in [3.63, 3.8) is 0 Å². The smallest absolute Gasteiger partial charge is 0.139 e. The first-order valence-corrected chi connectivity index (χ1v) is 20.6. The number of methoxy groups -OCH3 is 1. The van der Waals surface area contributed by atoms with E-state index in [9.17, 15) is 19.2 Å². The summed E-state index contributed by atoms with van der Waals surface area (Å²) >= 11 is 0. The van der Waals surface area contributed by atoms with E-state index in [2.05, 4.69) is 6.92 Å². The van der Waals surface area contributed by atoms with Gasteiger partial charge in [0.1, 0.15) is 23.1 Å². The Hall–Kier alpha value is -1.40. The van der Waals surface area contributed by atoms with E-state index in [1.807, 2.05) is 0 Å². The average molecular weight is 667 g/mol. The van der Waals surface area contributed by atoms with Gasteiger partial charge in [-0.3, -0.25) is 19.2 Å². The van der Waals surface area contributed by atoms with Crippen LogP contribution in [0.4, 0.5) is 0 Å². The normalized spacial score (nSPS) is 41.3. The van der Waals surface area contributed by atoms with Crippen molar-refractivity contribution in [1.29, 1.82) is 0 Å². The number of hydrogen-bond acceptors (Lipinski definition) is 6. The minimum atomic E-state index is 0.0853. The number of hydrogen-bond donors (Lipinski definition) is 0. The SMILES string of the molecule is COC1CCC(C(=O)C2CCC(C(=O)C3CCC(OC4CCC(C(=O)C5CCCC(C(=O)C6CCC(C)CC6)C5)CC4)CC3)CC2)CC1. The third kappa shape index (κ3) is 9.09. The first-order valence-electron chi connectivity index (χ1n) is 20.6. The molecule has 6 saturated carbocycles. The van der Waals surface area contributed by atoms with Crippen molar-refractivity contribution >= 4 is 23.1 Å². The second kappa shape index (κ2) is 17.2. The second-order valence-electron chi connectivity index (χ2n) is 17.5. The van der Waals surface area contributed by atoms with Gasteiger partial charge in [0.15, 0.2) is 0 Å². The van der Waals surface area contributed by atoms with Gasteiger partial charge in [0, 0.05) is 54.5 Å². The molecule has 0 aromatic rings. The van der Waals surface area contributed by atoms with Crippen molar-refractivity contribution in [2.75, 3.05) is 7.11 Å². The molecule has 6 heteroatoms. The summed E-state index contributed by atoms with van der Waals surface area (Å²) in [6.07, 6.45) is 24.1. The van der Waals surface area contributed by atoms with Crippen LogP contribution in [0.5, 0.6) is 0 Å². The number of Topliss-reactive ketones (excluding diaryl/α,β-unsaturated/α-hetero) is 4. The maximum absolute atomic E-state index is 13.6. The molecule has 6 nitrogen and oxygen atoms in total. The zero-order chi connectivity index (χ0) is 33.6. The lowest BCUT2D eigenvalue weighted by atomic mass is 9.69. The van der Waals surface area contributed by atoms with E-state index in [0.29, 0.717) is 29.2 Å². The number of carbonyl (C=O) groups excluding carboxylic acids is 4. The van der Waals surface area contributed by atoms with Crippen LogP contribution < -0.4 is 0 Å². The summed E-state index contributed by atoms with van der Waals surface area (Å²) in [6, 6.07) is 0. The molecule has 2 atom stereocenters. The highest BCUT2D eigenvalue weighted by Gasteiger charge is 2.40. The number of ketones is 4. The molecule has 6 aliphatic rings. The third-order valence-electron chi connectivity index (χ3n) is 14.4. The van der Waals surface area contributed by atoms with Gasteiger partial charge in [-0.2, -0.15) is 0 Å². The van der Waals surface area contributed by atoms with Crippen molar-refractivity contribution in [3.05, 3.63) is 0 Å². The summed E-state index contributed by atoms with van der Waals surface area (Å²) in [7, 11) is 1.77. The van der Waals surface area contributed by atoms with Crippen molar-refractivity contribution in [2.45, 2.75) is 179 Å². The molecule has 48 heavy (non-hydrogen) atoms. The van der Waals surface area contributed by atoms with Gasteiger partial charge < -0.3 is 9.47 Å². The molecule has 0 saturated heterocycles. The molecule has 0 aromatic carbocycles. The monoisotopic (exact) mass is 666 g/mol. The lowest BCUT2D eigenvalue weighted by Crippen LogP contribution is -2.37. The molecule has 6 aliphatic carbocycles. The molecule has 6 rings (SSSR count). The zero-order valence-corrected chi connectivity index (χ0v) is 30.3. The lowest BCUT2D eigenvalue weighted by molar-refractivity contribution is -0.135. The van der Waals surface area contributed by atoms with E-state index in [0.717, 1.165) is 147 Å². The van der Waals surface area contributed by atoms with Gasteiger partial charge in [0.2, 0.25) is 0 Å². The van der Waals surface area contributed by atoms with Crippen LogP contribution in [-0.4, -0.2) is 48.6 Å². The van der Waals surface area contributed by atoms with Crippen LogP contribution in [0, 0.1) is 53.3 Å². The summed E-state index contributed by atoms with van der Waals surface area (Å²) in [4.78, 5) is 53.6. The molecule has 0 radical (unpaired) electrons. The molecular weight excluding hydrogens is 600 g/mol. The van der Waals surface area contributed by atoms with Gasteiger partial charge in [-0.05, 0) is 141 Å². The first-order chi connectivity index (χ1) is 23.3. The van der Waals surface area contributed by atoms with E-state index in [1.54, 1.807) is 7.11 Å². The van der Waals surface area contributed by atoms with Gasteiger partial charge in [-0.25, -0.2) is 0 Å². The molecular formula is C42H66O6. The van der Waals surface area contributed by atoms with Crippen molar-refractivity contribution in [3.8, 4) is 0 Å². The Balaban J connectivity index is 0.863. The lowest BCUT2D eigenvalue weighted by Gasteiger charge is -2.37. The molecule has 0 amide bonds. The van der Waals surface area contributed by atoms with Crippen LogP contribution in [0.15, 0.2) is 0 Å². The van der Waals surface area contributed by atoms with Crippen LogP contribution in [-0.2, 0) is 28.7 Å². The van der Waals surface area contributed by atoms with Gasteiger partial charge in [0.25, 0.3) is 0 Å². The summed E-state index contributed by atoms with van der Waals surface area (Å²) in [5.41, 5.74) is 0. The summed E-state index contributed by atoms with van der Waals surface area (Å²) in [5, 5.41) is 0. The summed E-state index contributed by atoms with van der Waals surface area (Å²) in [5.74, 6) is 3.84. The Kier molecular flexibility index (Phi) is 13.0. The third-order valence-corrected chi connectivity index (χ3v) is 14.4. The predicted molar refractivity (Wildman–Crippen MR) is 187 cm³/mol. The fourth-order valence-electron chi connectivity index (χ4n) is 11.1. The van der Waals surface area contributed by atoms with Crippen LogP contribution in [0.3, 0.4) is 0 Å². The Bertz CT molecular complexity index is 1080. The van der Waals surface area contributed by atoms with Crippen LogP contribution >= 0.6 is 0 Å². The summed E-state index contributed by atoms with van der Waals surface area (Å²) in [6.45, 7) is 2.30. The molecule has 0 N–H and O–H groups in total. The highest BCUT2D eigenvalue weighted by atomic mass is 16.5. The summed E-state index contributed by atoms with van der Waals surface area (Å²) < 4.78 is 12.1. The van der Waals surface area contributed by atoms with Gasteiger partial charge in [-0.1, -0.05) is 26.2 Å². The molecule has 6 fully saturated rings. The van der Waals surface area contributed by atoms with Gasteiger partial charge >= 0.3 is 0 Å². The van der Waals surface area contributed by atoms with E-state index in [4.69, 9.17) is 9.47 Å². The molecule has 0 bridgehead atoms. The number of rotatable bonds is 11. The van der Waals surface area contributed by atoms with Crippen LogP contribution in [0.25, 0.3) is 0 Å². The zero-order valence-electron chi connectivity index (χ0n) is 30.3. The predicted octanol–water partition coefficient (Wildman–Crippen LogP) is 9.04. The standard InChI is InChI=1S/C42H66O6/c1-27-6-8-28(9-7-27)41(45)34-4-3-5-35(26-34)42(46)33-18-24-38(25-19-33)48-37-22-16-32(17-23-37)40(44)30-12-10-29(11-13-30)39(43)31-14-20-36(47-2)21-15-31/h27-38H,3-26H2,1-2H3. The molecule has 0 spiro atoms. The maximum atomic E-state index is 13.6. The highest BCUT2D eigenvalue weighted by molar-refractivity contribution is 5.87. The Morgan fingerprint density at radius 3 is 1.02 bits per heavy atom. The van der Waals surface area contributed by atoms with Crippen LogP contribution in [0.2, 0.25) is 0 Å². The van der Waals surface area contributed by atoms with E-state index < -0.39 is 0 Å². The largest absolute Gasteiger partial charge is 0.381 e. The van der Waals surface area contributed by atoms with Gasteiger partial charge in [-0.15, -0.1) is 0 Å². The van der Waals surface area contributed by atoms with E-state index >= 15 is 0 Å².